The highest BCUT2D eigenvalue weighted by Crippen LogP contribution is 2.38. The van der Waals surface area contributed by atoms with Crippen molar-refractivity contribution in [3.8, 4) is 0 Å². The van der Waals surface area contributed by atoms with Gasteiger partial charge in [0, 0.05) is 5.39 Å². The highest BCUT2D eigenvalue weighted by Gasteiger charge is 2.34. The van der Waals surface area contributed by atoms with Crippen LogP contribution in [0.15, 0.2) is 53.6 Å². The van der Waals surface area contributed by atoms with Gasteiger partial charge in [0.05, 0.1) is 17.3 Å². The Bertz CT molecular complexity index is 1090. The Morgan fingerprint density at radius 2 is 1.46 bits per heavy atom. The van der Waals surface area contributed by atoms with Crippen molar-refractivity contribution in [2.24, 2.45) is 5.10 Å². The van der Waals surface area contributed by atoms with Gasteiger partial charge in [-0.15, -0.1) is 0 Å². The average molecular weight is 340 g/mol. The topological polar surface area (TPSA) is 49.7 Å². The van der Waals surface area contributed by atoms with Crippen LogP contribution >= 0.6 is 0 Å². The lowest BCUT2D eigenvalue weighted by Gasteiger charge is -2.23. The molecule has 3 aromatic carbocycles. The Hall–Kier alpha value is -3.27. The Morgan fingerprint density at radius 3 is 2.08 bits per heavy atom. The molecule has 0 spiro atoms. The number of rotatable bonds is 2. The molecule has 1 aliphatic carbocycles. The van der Waals surface area contributed by atoms with Crippen molar-refractivity contribution in [2.45, 2.75) is 19.8 Å². The average Bonchev–Trinajstić information content (AvgIpc) is 3.08. The number of aryl methyl sites for hydroxylation is 3. The van der Waals surface area contributed by atoms with E-state index in [9.17, 15) is 9.59 Å². The molecule has 0 saturated carbocycles. The van der Waals surface area contributed by atoms with Gasteiger partial charge in [-0.2, -0.15) is 10.1 Å². The maximum atomic E-state index is 13.0. The van der Waals surface area contributed by atoms with Crippen molar-refractivity contribution in [1.29, 1.82) is 0 Å². The summed E-state index contributed by atoms with van der Waals surface area (Å²) in [6, 6.07) is 15.4. The molecule has 0 N–H and O–H groups in total. The van der Waals surface area contributed by atoms with E-state index in [0.717, 1.165) is 39.7 Å². The number of benzene rings is 3. The first-order valence-corrected chi connectivity index (χ1v) is 8.71. The van der Waals surface area contributed by atoms with Gasteiger partial charge in [0.2, 0.25) is 0 Å². The fraction of sp³-hybridized carbons (Fsp3) is 0.136. The molecule has 0 unspecified atom stereocenters. The first-order valence-electron chi connectivity index (χ1n) is 8.71. The molecule has 2 amide bonds. The van der Waals surface area contributed by atoms with Crippen LogP contribution in [0.2, 0.25) is 0 Å². The summed E-state index contributed by atoms with van der Waals surface area (Å²) in [7, 11) is 0. The van der Waals surface area contributed by atoms with Crippen LogP contribution in [0.4, 0.5) is 0 Å². The number of carbonyl (C=O) groups is 2. The monoisotopic (exact) mass is 340 g/mol. The van der Waals surface area contributed by atoms with E-state index >= 15 is 0 Å². The molecule has 2 aliphatic rings. The van der Waals surface area contributed by atoms with E-state index in [1.165, 1.54) is 11.1 Å². The highest BCUT2D eigenvalue weighted by molar-refractivity contribution is 6.26. The maximum absolute atomic E-state index is 13.0. The number of hydrogen-bond acceptors (Lipinski definition) is 3. The molecule has 5 rings (SSSR count). The zero-order chi connectivity index (χ0) is 17.8. The molecule has 3 aromatic rings. The summed E-state index contributed by atoms with van der Waals surface area (Å²) in [6.07, 6.45) is 3.51. The lowest BCUT2D eigenvalue weighted by atomic mass is 9.92. The van der Waals surface area contributed by atoms with Gasteiger partial charge in [0.15, 0.2) is 0 Å². The van der Waals surface area contributed by atoms with E-state index in [1.807, 2.05) is 55.5 Å². The quantitative estimate of drug-likeness (QED) is 0.525. The van der Waals surface area contributed by atoms with Crippen LogP contribution in [-0.4, -0.2) is 23.0 Å². The van der Waals surface area contributed by atoms with Crippen LogP contribution in [0.3, 0.4) is 0 Å². The number of hydrogen-bond donors (Lipinski definition) is 0. The van der Waals surface area contributed by atoms with E-state index in [0.29, 0.717) is 11.1 Å². The van der Waals surface area contributed by atoms with Crippen LogP contribution in [0.5, 0.6) is 0 Å². The molecule has 4 heteroatoms. The fourth-order valence-electron chi connectivity index (χ4n) is 3.96. The summed E-state index contributed by atoms with van der Waals surface area (Å²) in [5, 5.41) is 7.11. The van der Waals surface area contributed by atoms with E-state index in [-0.39, 0.29) is 11.8 Å². The zero-order valence-corrected chi connectivity index (χ0v) is 14.3. The predicted octanol–water partition coefficient (Wildman–Crippen LogP) is 3.88. The van der Waals surface area contributed by atoms with Crippen LogP contribution in [-0.2, 0) is 12.8 Å². The summed E-state index contributed by atoms with van der Waals surface area (Å²) in [6.45, 7) is 1.97. The fourth-order valence-corrected chi connectivity index (χ4v) is 3.96. The highest BCUT2D eigenvalue weighted by atomic mass is 16.2. The number of carbonyl (C=O) groups excluding carboxylic acids is 2. The number of hydrazone groups is 1. The lowest BCUT2D eigenvalue weighted by Crippen LogP contribution is -2.36. The van der Waals surface area contributed by atoms with Gasteiger partial charge < -0.3 is 0 Å². The molecule has 126 valence electrons. The number of amides is 2. The van der Waals surface area contributed by atoms with Crippen LogP contribution in [0.25, 0.3) is 10.8 Å². The lowest BCUT2D eigenvalue weighted by molar-refractivity contribution is 0.0616. The Kier molecular flexibility index (Phi) is 3.10. The van der Waals surface area contributed by atoms with E-state index in [1.54, 1.807) is 6.21 Å². The molecule has 1 aliphatic heterocycles. The Labute approximate surface area is 150 Å². The molecule has 0 bridgehead atoms. The molecule has 0 saturated heterocycles. The van der Waals surface area contributed by atoms with Crippen molar-refractivity contribution in [1.82, 2.24) is 5.01 Å². The van der Waals surface area contributed by atoms with Crippen molar-refractivity contribution >= 4 is 28.8 Å². The van der Waals surface area contributed by atoms with Crippen molar-refractivity contribution in [2.75, 3.05) is 0 Å². The third kappa shape index (κ3) is 1.99. The minimum absolute atomic E-state index is 0.358. The minimum Gasteiger partial charge on any atom is -0.267 e. The Morgan fingerprint density at radius 1 is 0.846 bits per heavy atom. The van der Waals surface area contributed by atoms with E-state index < -0.39 is 0 Å². The summed E-state index contributed by atoms with van der Waals surface area (Å²) < 4.78 is 0. The molecule has 0 fully saturated rings. The minimum atomic E-state index is -0.358. The summed E-state index contributed by atoms with van der Waals surface area (Å²) in [5.74, 6) is -0.717. The summed E-state index contributed by atoms with van der Waals surface area (Å²) >= 11 is 0. The first kappa shape index (κ1) is 15.0. The van der Waals surface area contributed by atoms with Gasteiger partial charge in [0.1, 0.15) is 0 Å². The van der Waals surface area contributed by atoms with Crippen LogP contribution < -0.4 is 0 Å². The third-order valence-electron chi connectivity index (χ3n) is 5.34. The van der Waals surface area contributed by atoms with Gasteiger partial charge in [-0.25, -0.2) is 0 Å². The smallest absolute Gasteiger partial charge is 0.267 e. The maximum Gasteiger partial charge on any atom is 0.282 e. The van der Waals surface area contributed by atoms with Crippen LogP contribution in [0, 0.1) is 6.92 Å². The molecule has 1 heterocycles. The first-order chi connectivity index (χ1) is 12.6. The van der Waals surface area contributed by atoms with Crippen LogP contribution in [0.1, 0.15) is 43.0 Å². The van der Waals surface area contributed by atoms with Crippen molar-refractivity contribution in [3.63, 3.8) is 0 Å². The second-order valence-corrected chi connectivity index (χ2v) is 6.82. The Balaban J connectivity index is 1.65. The van der Waals surface area contributed by atoms with Gasteiger partial charge in [-0.1, -0.05) is 36.4 Å². The second kappa shape index (κ2) is 5.36. The number of imide groups is 1. The summed E-state index contributed by atoms with van der Waals surface area (Å²) in [5.41, 5.74) is 5.48. The molecule has 0 aromatic heterocycles. The van der Waals surface area contributed by atoms with E-state index in [4.69, 9.17) is 0 Å². The second-order valence-electron chi connectivity index (χ2n) is 6.82. The standard InChI is InChI=1S/C22H16N2O2/c1-13-4-2-3-5-16(13)12-23-24-21(25)17-10-8-14-6-7-15-9-11-18(22(24)26)20(17)19(14)15/h2-5,8-12H,6-7H2,1H3/b23-12+. The van der Waals surface area contributed by atoms with Crippen molar-refractivity contribution < 1.29 is 9.59 Å². The van der Waals surface area contributed by atoms with Gasteiger partial charge in [-0.3, -0.25) is 9.59 Å². The third-order valence-corrected chi connectivity index (χ3v) is 5.34. The SMILES string of the molecule is Cc1ccccc1/C=N/N1C(=O)c2ccc3c4c(ccc(c24)C1=O)CC3. The van der Waals surface area contributed by atoms with Gasteiger partial charge >= 0.3 is 0 Å². The molecule has 4 nitrogen and oxygen atoms in total. The molecule has 26 heavy (non-hydrogen) atoms. The molecule has 0 atom stereocenters. The van der Waals surface area contributed by atoms with Gasteiger partial charge in [-0.05, 0) is 59.5 Å². The van der Waals surface area contributed by atoms with E-state index in [2.05, 4.69) is 5.10 Å². The zero-order valence-electron chi connectivity index (χ0n) is 14.3. The largest absolute Gasteiger partial charge is 0.282 e. The normalized spacial score (nSPS) is 15.5. The molecule has 0 radical (unpaired) electrons. The number of nitrogens with zero attached hydrogens (tertiary/aromatic N) is 2. The summed E-state index contributed by atoms with van der Waals surface area (Å²) in [4.78, 5) is 25.9. The molecular weight excluding hydrogens is 324 g/mol. The predicted molar refractivity (Wildman–Crippen MR) is 101 cm³/mol. The molecular formula is C22H16N2O2. The van der Waals surface area contributed by atoms with Crippen molar-refractivity contribution in [3.05, 3.63) is 81.9 Å². The van der Waals surface area contributed by atoms with Gasteiger partial charge in [0.25, 0.3) is 11.8 Å².